The first kappa shape index (κ1) is 31.8. The van der Waals surface area contributed by atoms with Gasteiger partial charge in [0.2, 0.25) is 0 Å². The highest BCUT2D eigenvalue weighted by Gasteiger charge is 2.61. The smallest absolute Gasteiger partial charge is 0.274 e. The number of rotatable bonds is 9. The number of benzene rings is 3. The molecule has 3 heterocycles. The fraction of sp³-hybridized carbons (Fsp3) is 0.286. The number of carbonyl (C=O) groups excluding carboxylic acids is 1. The van der Waals surface area contributed by atoms with Crippen molar-refractivity contribution < 1.29 is 27.4 Å². The molecule has 1 aromatic heterocycles. The maximum atomic E-state index is 15.4. The minimum absolute atomic E-state index is 0.0290. The van der Waals surface area contributed by atoms with Crippen LogP contribution in [0, 0.1) is 18.3 Å². The number of amides is 1. The Labute approximate surface area is 274 Å². The van der Waals surface area contributed by atoms with Gasteiger partial charge in [-0.15, -0.1) is 0 Å². The van der Waals surface area contributed by atoms with E-state index in [1.807, 2.05) is 49.1 Å². The standard InChI is InChI=1S/C35H35N5O6S/c1-5-46-31-10-6-24(2)20-29(31)35(39-18-16-38(17-19-39)26-12-14-37-15-13-26)28-21-25(23-36)7-9-30(28)40(34(35)41)47(42,43)33-11-8-27(44-3)22-32(33)45-4/h6-15,20-22H,5,16-19H2,1-4H3. The molecule has 6 rings (SSSR count). The molecule has 4 aromatic rings. The summed E-state index contributed by atoms with van der Waals surface area (Å²) in [5, 5.41) is 10.0. The molecular formula is C35H35N5O6S. The third kappa shape index (κ3) is 5.21. The Morgan fingerprint density at radius 3 is 2.30 bits per heavy atom. The van der Waals surface area contributed by atoms with Crippen LogP contribution >= 0.6 is 0 Å². The van der Waals surface area contributed by atoms with E-state index >= 15 is 4.79 Å². The number of anilines is 2. The number of hydrogen-bond acceptors (Lipinski definition) is 10. The van der Waals surface area contributed by atoms with E-state index in [2.05, 4.69) is 16.0 Å². The maximum absolute atomic E-state index is 15.4. The van der Waals surface area contributed by atoms with Crippen molar-refractivity contribution in [3.63, 3.8) is 0 Å². The van der Waals surface area contributed by atoms with Gasteiger partial charge in [-0.1, -0.05) is 11.6 Å². The molecule has 11 nitrogen and oxygen atoms in total. The molecule has 12 heteroatoms. The van der Waals surface area contributed by atoms with Crippen LogP contribution in [0.25, 0.3) is 0 Å². The first-order chi connectivity index (χ1) is 22.7. The predicted octanol–water partition coefficient (Wildman–Crippen LogP) is 4.48. The lowest BCUT2D eigenvalue weighted by Crippen LogP contribution is -2.60. The highest BCUT2D eigenvalue weighted by molar-refractivity contribution is 7.93. The SMILES string of the molecule is CCOc1ccc(C)cc1C1(N2CCN(c3ccncc3)CC2)C(=O)N(S(=O)(=O)c2ccc(OC)cc2OC)c2ccc(C#N)cc21. The van der Waals surface area contributed by atoms with Crippen LogP contribution in [0.15, 0.2) is 84.0 Å². The minimum Gasteiger partial charge on any atom is -0.497 e. The van der Waals surface area contributed by atoms with Crippen LogP contribution in [0.2, 0.25) is 0 Å². The summed E-state index contributed by atoms with van der Waals surface area (Å²) in [6, 6.07) is 20.7. The van der Waals surface area contributed by atoms with Crippen LogP contribution in [0.5, 0.6) is 17.2 Å². The molecule has 1 fully saturated rings. The van der Waals surface area contributed by atoms with Gasteiger partial charge in [0.25, 0.3) is 15.9 Å². The third-order valence-electron chi connectivity index (χ3n) is 8.72. The molecule has 1 atom stereocenters. The Morgan fingerprint density at radius 1 is 0.894 bits per heavy atom. The number of carbonyl (C=O) groups is 1. The van der Waals surface area contributed by atoms with E-state index in [4.69, 9.17) is 14.2 Å². The number of hydrogen-bond donors (Lipinski definition) is 0. The zero-order chi connectivity index (χ0) is 33.3. The van der Waals surface area contributed by atoms with Crippen molar-refractivity contribution in [2.45, 2.75) is 24.3 Å². The van der Waals surface area contributed by atoms with E-state index in [9.17, 15) is 13.7 Å². The van der Waals surface area contributed by atoms with Crippen molar-refractivity contribution in [3.05, 3.63) is 101 Å². The lowest BCUT2D eigenvalue weighted by Gasteiger charge is -2.46. The Balaban J connectivity index is 1.60. The quantitative estimate of drug-likeness (QED) is 0.255. The van der Waals surface area contributed by atoms with Crippen LogP contribution < -0.4 is 23.4 Å². The second-order valence-electron chi connectivity index (χ2n) is 11.3. The number of pyridine rings is 1. The van der Waals surface area contributed by atoms with Gasteiger partial charge in [0.1, 0.15) is 22.1 Å². The van der Waals surface area contributed by atoms with Gasteiger partial charge in [-0.2, -0.15) is 5.26 Å². The molecule has 0 bridgehead atoms. The molecule has 2 aliphatic rings. The molecule has 0 N–H and O–H groups in total. The number of nitrogens with zero attached hydrogens (tertiary/aromatic N) is 5. The number of ether oxygens (including phenoxy) is 3. The first-order valence-corrected chi connectivity index (χ1v) is 16.6. The lowest BCUT2D eigenvalue weighted by atomic mass is 9.80. The molecule has 0 aliphatic carbocycles. The van der Waals surface area contributed by atoms with Crippen molar-refractivity contribution in [1.82, 2.24) is 9.88 Å². The molecule has 1 unspecified atom stereocenters. The van der Waals surface area contributed by atoms with E-state index in [0.717, 1.165) is 15.6 Å². The van der Waals surface area contributed by atoms with E-state index in [1.165, 1.54) is 44.6 Å². The van der Waals surface area contributed by atoms with Crippen LogP contribution in [-0.4, -0.2) is 71.2 Å². The summed E-state index contributed by atoms with van der Waals surface area (Å²) in [6.07, 6.45) is 3.47. The number of fused-ring (bicyclic) bond motifs is 1. The molecule has 0 spiro atoms. The molecule has 3 aromatic carbocycles. The molecule has 0 saturated carbocycles. The van der Waals surface area contributed by atoms with E-state index in [-0.39, 0.29) is 16.3 Å². The van der Waals surface area contributed by atoms with Crippen molar-refractivity contribution >= 4 is 27.3 Å². The van der Waals surface area contributed by atoms with E-state index in [1.54, 1.807) is 18.5 Å². The minimum atomic E-state index is -4.56. The summed E-state index contributed by atoms with van der Waals surface area (Å²) in [6.45, 7) is 6.02. The molecule has 242 valence electrons. The molecule has 1 saturated heterocycles. The number of sulfonamides is 1. The number of methoxy groups -OCH3 is 2. The van der Waals surface area contributed by atoms with Crippen LogP contribution in [0.4, 0.5) is 11.4 Å². The zero-order valence-corrected chi connectivity index (χ0v) is 27.5. The van der Waals surface area contributed by atoms with Gasteiger partial charge in [0.05, 0.1) is 38.1 Å². The lowest BCUT2D eigenvalue weighted by molar-refractivity contribution is -0.127. The summed E-state index contributed by atoms with van der Waals surface area (Å²) in [7, 11) is -1.73. The van der Waals surface area contributed by atoms with Gasteiger partial charge in [-0.3, -0.25) is 14.7 Å². The fourth-order valence-electron chi connectivity index (χ4n) is 6.57. The largest absolute Gasteiger partial charge is 0.497 e. The van der Waals surface area contributed by atoms with Gasteiger partial charge in [0.15, 0.2) is 5.54 Å². The second kappa shape index (κ2) is 12.6. The first-order valence-electron chi connectivity index (χ1n) is 15.2. The molecular weight excluding hydrogens is 618 g/mol. The van der Waals surface area contributed by atoms with Gasteiger partial charge in [-0.05, 0) is 68.4 Å². The Kier molecular flexibility index (Phi) is 8.53. The van der Waals surface area contributed by atoms with E-state index < -0.39 is 21.5 Å². The highest BCUT2D eigenvalue weighted by Crippen LogP contribution is 2.53. The molecule has 47 heavy (non-hydrogen) atoms. The monoisotopic (exact) mass is 653 g/mol. The Hall–Kier alpha value is -5.12. The fourth-order valence-corrected chi connectivity index (χ4v) is 8.17. The van der Waals surface area contributed by atoms with E-state index in [0.29, 0.717) is 61.0 Å². The average molecular weight is 654 g/mol. The summed E-state index contributed by atoms with van der Waals surface area (Å²) in [4.78, 5) is 23.6. The number of aryl methyl sites for hydroxylation is 1. The maximum Gasteiger partial charge on any atom is 0.274 e. The average Bonchev–Trinajstić information content (AvgIpc) is 3.37. The van der Waals surface area contributed by atoms with Crippen molar-refractivity contribution in [2.24, 2.45) is 0 Å². The van der Waals surface area contributed by atoms with Crippen molar-refractivity contribution in [1.29, 1.82) is 5.26 Å². The second-order valence-corrected chi connectivity index (χ2v) is 13.0. The summed E-state index contributed by atoms with van der Waals surface area (Å²) >= 11 is 0. The summed E-state index contributed by atoms with van der Waals surface area (Å²) in [5.74, 6) is 0.193. The third-order valence-corrected chi connectivity index (χ3v) is 10.5. The summed E-state index contributed by atoms with van der Waals surface area (Å²) in [5.41, 5.74) is 1.58. The molecule has 1 amide bonds. The van der Waals surface area contributed by atoms with Crippen LogP contribution in [-0.2, 0) is 20.4 Å². The van der Waals surface area contributed by atoms with Gasteiger partial charge in [-0.25, -0.2) is 12.7 Å². The summed E-state index contributed by atoms with van der Waals surface area (Å²) < 4.78 is 47.2. The topological polar surface area (TPSA) is 125 Å². The van der Waals surface area contributed by atoms with Crippen molar-refractivity contribution in [2.75, 3.05) is 56.2 Å². The Bertz CT molecular complexity index is 1970. The van der Waals surface area contributed by atoms with Gasteiger partial charge >= 0.3 is 0 Å². The van der Waals surface area contributed by atoms with Gasteiger partial charge < -0.3 is 19.1 Å². The highest BCUT2D eigenvalue weighted by atomic mass is 32.2. The predicted molar refractivity (Wildman–Crippen MR) is 177 cm³/mol. The number of aromatic nitrogens is 1. The molecule has 2 aliphatic heterocycles. The Morgan fingerprint density at radius 2 is 1.64 bits per heavy atom. The normalized spacial score (nSPS) is 18.1. The molecule has 0 radical (unpaired) electrons. The van der Waals surface area contributed by atoms with Crippen LogP contribution in [0.3, 0.4) is 0 Å². The van der Waals surface area contributed by atoms with Crippen molar-refractivity contribution in [3.8, 4) is 23.3 Å². The van der Waals surface area contributed by atoms with Gasteiger partial charge in [0, 0.05) is 61.5 Å². The van der Waals surface area contributed by atoms with Crippen LogP contribution in [0.1, 0.15) is 29.2 Å². The zero-order valence-electron chi connectivity index (χ0n) is 26.6. The number of nitriles is 1. The number of piperazine rings is 1.